The van der Waals surface area contributed by atoms with E-state index in [1.165, 1.54) is 0 Å². The van der Waals surface area contributed by atoms with Gasteiger partial charge >= 0.3 is 0 Å². The van der Waals surface area contributed by atoms with E-state index in [2.05, 4.69) is 20.8 Å². The van der Waals surface area contributed by atoms with E-state index in [1.54, 1.807) is 19.4 Å². The molecule has 0 aliphatic rings. The number of hydrogen-bond donors (Lipinski definition) is 2. The standard InChI is InChI=1S/C9H12N4S/c1-7(12-13-9(14)10-2)8-3-5-11-6-4-8/h3-6H,1-2H3,(H2,10,13,14)/b12-7+. The lowest BCUT2D eigenvalue weighted by Crippen LogP contribution is -2.29. The number of nitrogens with one attached hydrogen (secondary N) is 2. The van der Waals surface area contributed by atoms with Crippen molar-refractivity contribution in [2.24, 2.45) is 5.10 Å². The predicted molar refractivity (Wildman–Crippen MR) is 61.2 cm³/mol. The molecule has 74 valence electrons. The van der Waals surface area contributed by atoms with Crippen molar-refractivity contribution < 1.29 is 0 Å². The van der Waals surface area contributed by atoms with Gasteiger partial charge in [0.25, 0.3) is 0 Å². The topological polar surface area (TPSA) is 49.3 Å². The number of pyridine rings is 1. The van der Waals surface area contributed by atoms with E-state index in [1.807, 2.05) is 19.1 Å². The van der Waals surface area contributed by atoms with Crippen molar-refractivity contribution in [3.63, 3.8) is 0 Å². The minimum absolute atomic E-state index is 0.499. The second kappa shape index (κ2) is 5.29. The Balaban J connectivity index is 2.66. The Hall–Kier alpha value is -1.49. The predicted octanol–water partition coefficient (Wildman–Crippen LogP) is 0.899. The van der Waals surface area contributed by atoms with Crippen molar-refractivity contribution in [1.82, 2.24) is 15.7 Å². The lowest BCUT2D eigenvalue weighted by molar-refractivity contribution is 0.973. The summed E-state index contributed by atoms with van der Waals surface area (Å²) in [4.78, 5) is 3.93. The zero-order valence-corrected chi connectivity index (χ0v) is 8.93. The summed E-state index contributed by atoms with van der Waals surface area (Å²) >= 11 is 4.88. The molecule has 1 rings (SSSR count). The molecule has 0 aromatic carbocycles. The Morgan fingerprint density at radius 3 is 2.64 bits per heavy atom. The summed E-state index contributed by atoms with van der Waals surface area (Å²) in [5.41, 5.74) is 4.60. The fourth-order valence-corrected chi connectivity index (χ4v) is 0.894. The minimum Gasteiger partial charge on any atom is -0.364 e. The van der Waals surface area contributed by atoms with Gasteiger partial charge in [0.2, 0.25) is 0 Å². The highest BCUT2D eigenvalue weighted by Crippen LogP contribution is 1.97. The van der Waals surface area contributed by atoms with Crippen LogP contribution in [0.15, 0.2) is 29.6 Å². The number of aromatic nitrogens is 1. The van der Waals surface area contributed by atoms with Gasteiger partial charge in [0.05, 0.1) is 5.71 Å². The summed E-state index contributed by atoms with van der Waals surface area (Å²) in [5.74, 6) is 0. The van der Waals surface area contributed by atoms with Crippen molar-refractivity contribution in [3.05, 3.63) is 30.1 Å². The van der Waals surface area contributed by atoms with E-state index in [0.717, 1.165) is 11.3 Å². The fraction of sp³-hybridized carbons (Fsp3) is 0.222. The lowest BCUT2D eigenvalue weighted by Gasteiger charge is -2.03. The van der Waals surface area contributed by atoms with Crippen molar-refractivity contribution in [2.45, 2.75) is 6.92 Å². The maximum atomic E-state index is 4.88. The van der Waals surface area contributed by atoms with Crippen LogP contribution in [0.5, 0.6) is 0 Å². The number of nitrogens with zero attached hydrogens (tertiary/aromatic N) is 2. The molecule has 0 saturated carbocycles. The second-order valence-electron chi connectivity index (χ2n) is 2.62. The van der Waals surface area contributed by atoms with Crippen molar-refractivity contribution >= 4 is 23.0 Å². The maximum Gasteiger partial charge on any atom is 0.186 e. The zero-order valence-electron chi connectivity index (χ0n) is 8.11. The van der Waals surface area contributed by atoms with E-state index in [9.17, 15) is 0 Å². The summed E-state index contributed by atoms with van der Waals surface area (Å²) in [6.45, 7) is 1.90. The summed E-state index contributed by atoms with van der Waals surface area (Å²) in [6.07, 6.45) is 3.45. The molecule has 0 bridgehead atoms. The molecule has 1 aromatic rings. The van der Waals surface area contributed by atoms with Crippen LogP contribution in [0.2, 0.25) is 0 Å². The molecule has 0 radical (unpaired) electrons. The van der Waals surface area contributed by atoms with Crippen LogP contribution in [0.4, 0.5) is 0 Å². The van der Waals surface area contributed by atoms with Crippen LogP contribution >= 0.6 is 12.2 Å². The second-order valence-corrected chi connectivity index (χ2v) is 3.03. The Kier molecular flexibility index (Phi) is 4.00. The normalized spacial score (nSPS) is 10.9. The molecule has 0 atom stereocenters. The summed E-state index contributed by atoms with van der Waals surface area (Å²) in [5, 5.41) is 7.37. The highest BCUT2D eigenvalue weighted by molar-refractivity contribution is 7.80. The SMILES string of the molecule is CNC(=S)N/N=C(\C)c1ccncc1. The quantitative estimate of drug-likeness (QED) is 0.431. The van der Waals surface area contributed by atoms with Crippen molar-refractivity contribution in [3.8, 4) is 0 Å². The Labute approximate surface area is 88.4 Å². The Bertz CT molecular complexity index is 334. The van der Waals surface area contributed by atoms with Crippen LogP contribution < -0.4 is 10.7 Å². The van der Waals surface area contributed by atoms with Crippen molar-refractivity contribution in [2.75, 3.05) is 7.05 Å². The van der Waals surface area contributed by atoms with Crippen LogP contribution in [0.3, 0.4) is 0 Å². The molecule has 0 unspecified atom stereocenters. The first-order chi connectivity index (χ1) is 6.74. The molecule has 0 spiro atoms. The van der Waals surface area contributed by atoms with Crippen molar-refractivity contribution in [1.29, 1.82) is 0 Å². The molecule has 0 saturated heterocycles. The van der Waals surface area contributed by atoms with Crippen LogP contribution in [-0.4, -0.2) is 22.9 Å². The Morgan fingerprint density at radius 1 is 1.43 bits per heavy atom. The molecular formula is C9H12N4S. The monoisotopic (exact) mass is 208 g/mol. The van der Waals surface area contributed by atoms with Crippen LogP contribution in [0.1, 0.15) is 12.5 Å². The minimum atomic E-state index is 0.499. The third-order valence-corrected chi connectivity index (χ3v) is 1.95. The van der Waals surface area contributed by atoms with Gasteiger partial charge in [0.1, 0.15) is 0 Å². The molecule has 0 aliphatic carbocycles. The van der Waals surface area contributed by atoms with E-state index in [0.29, 0.717) is 5.11 Å². The first kappa shape index (κ1) is 10.6. The average Bonchev–Trinajstić information content (AvgIpc) is 2.26. The third kappa shape index (κ3) is 3.10. The molecule has 1 aromatic heterocycles. The lowest BCUT2D eigenvalue weighted by atomic mass is 10.2. The molecule has 14 heavy (non-hydrogen) atoms. The molecule has 2 N–H and O–H groups in total. The van der Waals surface area contributed by atoms with Gasteiger partial charge in [-0.2, -0.15) is 5.10 Å². The van der Waals surface area contributed by atoms with Crippen LogP contribution in [-0.2, 0) is 0 Å². The summed E-state index contributed by atoms with van der Waals surface area (Å²) in [7, 11) is 1.74. The number of hydrazone groups is 1. The van der Waals surface area contributed by atoms with Gasteiger partial charge in [0.15, 0.2) is 5.11 Å². The van der Waals surface area contributed by atoms with Gasteiger partial charge in [-0.15, -0.1) is 0 Å². The zero-order chi connectivity index (χ0) is 10.4. The van der Waals surface area contributed by atoms with Gasteiger partial charge in [-0.25, -0.2) is 0 Å². The first-order valence-corrected chi connectivity index (χ1v) is 4.57. The fourth-order valence-electron chi connectivity index (χ4n) is 0.848. The van der Waals surface area contributed by atoms with Gasteiger partial charge in [-0.1, -0.05) is 0 Å². The van der Waals surface area contributed by atoms with Crippen LogP contribution in [0, 0.1) is 0 Å². The third-order valence-electron chi connectivity index (χ3n) is 1.65. The van der Waals surface area contributed by atoms with E-state index < -0.39 is 0 Å². The van der Waals surface area contributed by atoms with E-state index >= 15 is 0 Å². The van der Waals surface area contributed by atoms with Crippen LogP contribution in [0.25, 0.3) is 0 Å². The smallest absolute Gasteiger partial charge is 0.186 e. The van der Waals surface area contributed by atoms with E-state index in [4.69, 9.17) is 12.2 Å². The Morgan fingerprint density at radius 2 is 2.07 bits per heavy atom. The maximum absolute atomic E-state index is 4.88. The first-order valence-electron chi connectivity index (χ1n) is 4.16. The molecule has 0 amide bonds. The molecule has 5 heteroatoms. The largest absolute Gasteiger partial charge is 0.364 e. The summed E-state index contributed by atoms with van der Waals surface area (Å²) < 4.78 is 0. The van der Waals surface area contributed by atoms with Gasteiger partial charge in [-0.3, -0.25) is 10.4 Å². The highest BCUT2D eigenvalue weighted by Gasteiger charge is 1.95. The number of hydrogen-bond acceptors (Lipinski definition) is 3. The van der Waals surface area contributed by atoms with Gasteiger partial charge in [-0.05, 0) is 31.3 Å². The highest BCUT2D eigenvalue weighted by atomic mass is 32.1. The molecule has 0 fully saturated rings. The molecule has 1 heterocycles. The molecular weight excluding hydrogens is 196 g/mol. The number of thiocarbonyl (C=S) groups is 1. The van der Waals surface area contributed by atoms with Gasteiger partial charge in [0, 0.05) is 25.0 Å². The summed E-state index contributed by atoms with van der Waals surface area (Å²) in [6, 6.07) is 3.78. The van der Waals surface area contributed by atoms with E-state index in [-0.39, 0.29) is 0 Å². The van der Waals surface area contributed by atoms with Gasteiger partial charge < -0.3 is 5.32 Å². The average molecular weight is 208 g/mol. The number of rotatable bonds is 2. The molecule has 0 aliphatic heterocycles. The molecule has 4 nitrogen and oxygen atoms in total.